The summed E-state index contributed by atoms with van der Waals surface area (Å²) >= 11 is 0. The number of ether oxygens (including phenoxy) is 1. The maximum absolute atomic E-state index is 11.0. The number of rotatable bonds is 8. The number of pyridine rings is 1. The Balaban J connectivity index is 1.85. The zero-order valence-corrected chi connectivity index (χ0v) is 13.6. The van der Waals surface area contributed by atoms with Crippen molar-refractivity contribution in [3.05, 3.63) is 53.7 Å². The second kappa shape index (κ2) is 8.29. The average Bonchev–Trinajstić information content (AvgIpc) is 2.53. The summed E-state index contributed by atoms with van der Waals surface area (Å²) in [5.41, 5.74) is 6.83. The highest BCUT2D eigenvalue weighted by atomic mass is 16.5. The lowest BCUT2D eigenvalue weighted by atomic mass is 10.1. The zero-order valence-electron chi connectivity index (χ0n) is 13.6. The first-order chi connectivity index (χ1) is 11.0. The van der Waals surface area contributed by atoms with Gasteiger partial charge in [0.15, 0.2) is 6.20 Å². The molecule has 0 bridgehead atoms. The molecule has 4 N–H and O–H groups in total. The van der Waals surface area contributed by atoms with Gasteiger partial charge in [-0.15, -0.1) is 0 Å². The lowest BCUT2D eigenvalue weighted by molar-refractivity contribution is -0.391. The van der Waals surface area contributed by atoms with E-state index in [0.29, 0.717) is 11.4 Å². The standard InChI is InChI=1S/C18H23N3O2/c1-13(2)9-10-20-11-14-3-6-16(7-4-14)23-17-8-5-15(12-21-17)18(19)22/h3-8,12-13,20H,9-11H2,1-2H3,(H2,19,22)/p+1. The predicted octanol–water partition coefficient (Wildman–Crippen LogP) is 2.53. The molecule has 2 aromatic rings. The first kappa shape index (κ1) is 17.0. The highest BCUT2D eigenvalue weighted by Gasteiger charge is 2.08. The minimum atomic E-state index is -0.470. The van der Waals surface area contributed by atoms with Crippen molar-refractivity contribution in [2.45, 2.75) is 26.8 Å². The summed E-state index contributed by atoms with van der Waals surface area (Å²) < 4.78 is 5.70. The molecule has 0 aliphatic carbocycles. The van der Waals surface area contributed by atoms with Gasteiger partial charge in [-0.3, -0.25) is 4.79 Å². The molecule has 0 spiro atoms. The molecular weight excluding hydrogens is 290 g/mol. The fraction of sp³-hybridized carbons (Fsp3) is 0.333. The fourth-order valence-electron chi connectivity index (χ4n) is 2.05. The largest absolute Gasteiger partial charge is 0.405 e. The van der Waals surface area contributed by atoms with Gasteiger partial charge in [0, 0.05) is 6.54 Å². The van der Waals surface area contributed by atoms with Crippen LogP contribution < -0.4 is 20.8 Å². The maximum atomic E-state index is 11.0. The number of aromatic amines is 1. The predicted molar refractivity (Wildman–Crippen MR) is 89.2 cm³/mol. The molecule has 1 amide bonds. The molecule has 0 fully saturated rings. The van der Waals surface area contributed by atoms with Gasteiger partial charge in [0.05, 0.1) is 6.07 Å². The third-order valence-corrected chi connectivity index (χ3v) is 3.45. The molecular formula is C18H24N3O2+. The molecule has 5 nitrogen and oxygen atoms in total. The molecule has 23 heavy (non-hydrogen) atoms. The van der Waals surface area contributed by atoms with E-state index in [9.17, 15) is 4.79 Å². The van der Waals surface area contributed by atoms with E-state index < -0.39 is 5.91 Å². The normalized spacial score (nSPS) is 10.7. The summed E-state index contributed by atoms with van der Waals surface area (Å²) in [5, 5.41) is 3.43. The van der Waals surface area contributed by atoms with Crippen LogP contribution in [0.1, 0.15) is 36.2 Å². The molecule has 122 valence electrons. The molecule has 0 aliphatic heterocycles. The second-order valence-electron chi connectivity index (χ2n) is 5.91. The number of benzene rings is 1. The summed E-state index contributed by atoms with van der Waals surface area (Å²) in [6.45, 7) is 6.32. The molecule has 1 aromatic carbocycles. The van der Waals surface area contributed by atoms with Crippen molar-refractivity contribution < 1.29 is 14.5 Å². The summed E-state index contributed by atoms with van der Waals surface area (Å²) in [7, 11) is 0. The minimum Gasteiger partial charge on any atom is -0.405 e. The van der Waals surface area contributed by atoms with Crippen LogP contribution in [0, 0.1) is 5.92 Å². The molecule has 0 saturated heterocycles. The second-order valence-corrected chi connectivity index (χ2v) is 5.91. The molecule has 0 atom stereocenters. The minimum absolute atomic E-state index is 0.417. The molecule has 0 unspecified atom stereocenters. The van der Waals surface area contributed by atoms with Crippen molar-refractivity contribution in [2.24, 2.45) is 11.7 Å². The van der Waals surface area contributed by atoms with Gasteiger partial charge in [-0.1, -0.05) is 26.0 Å². The van der Waals surface area contributed by atoms with E-state index in [0.717, 1.165) is 24.8 Å². The Morgan fingerprint density at radius 2 is 1.96 bits per heavy atom. The molecule has 2 rings (SSSR count). The first-order valence-electron chi connectivity index (χ1n) is 7.83. The number of hydrogen-bond donors (Lipinski definition) is 2. The third kappa shape index (κ3) is 5.71. The third-order valence-electron chi connectivity index (χ3n) is 3.45. The van der Waals surface area contributed by atoms with Crippen LogP contribution in [0.4, 0.5) is 0 Å². The van der Waals surface area contributed by atoms with Gasteiger partial charge in [0.2, 0.25) is 0 Å². The van der Waals surface area contributed by atoms with Crippen LogP contribution in [0.3, 0.4) is 0 Å². The van der Waals surface area contributed by atoms with Crippen molar-refractivity contribution in [3.63, 3.8) is 0 Å². The van der Waals surface area contributed by atoms with Gasteiger partial charge in [0.25, 0.3) is 5.91 Å². The maximum Gasteiger partial charge on any atom is 0.371 e. The Kier molecular flexibility index (Phi) is 6.11. The van der Waals surface area contributed by atoms with Crippen LogP contribution in [0.5, 0.6) is 11.6 Å². The smallest absolute Gasteiger partial charge is 0.371 e. The van der Waals surface area contributed by atoms with Crippen LogP contribution >= 0.6 is 0 Å². The molecule has 0 radical (unpaired) electrons. The Morgan fingerprint density at radius 3 is 2.52 bits per heavy atom. The Morgan fingerprint density at radius 1 is 1.22 bits per heavy atom. The Labute approximate surface area is 136 Å². The zero-order chi connectivity index (χ0) is 16.7. The molecule has 5 heteroatoms. The van der Waals surface area contributed by atoms with Gasteiger partial charge < -0.3 is 15.8 Å². The Bertz CT molecular complexity index is 622. The highest BCUT2D eigenvalue weighted by Crippen LogP contribution is 2.18. The Hall–Kier alpha value is -2.40. The van der Waals surface area contributed by atoms with Gasteiger partial charge in [0.1, 0.15) is 11.3 Å². The van der Waals surface area contributed by atoms with Crippen LogP contribution in [0.15, 0.2) is 42.6 Å². The number of nitrogens with two attached hydrogens (primary N) is 1. The van der Waals surface area contributed by atoms with E-state index in [2.05, 4.69) is 24.1 Å². The molecule has 1 heterocycles. The van der Waals surface area contributed by atoms with Gasteiger partial charge in [-0.2, -0.15) is 4.98 Å². The van der Waals surface area contributed by atoms with Crippen LogP contribution in [-0.2, 0) is 6.54 Å². The van der Waals surface area contributed by atoms with E-state index in [1.807, 2.05) is 24.3 Å². The van der Waals surface area contributed by atoms with E-state index in [1.165, 1.54) is 18.2 Å². The topological polar surface area (TPSA) is 78.5 Å². The van der Waals surface area contributed by atoms with Crippen molar-refractivity contribution in [1.82, 2.24) is 5.32 Å². The summed E-state index contributed by atoms with van der Waals surface area (Å²) in [6, 6.07) is 11.2. The number of carbonyl (C=O) groups is 1. The molecule has 0 saturated carbocycles. The van der Waals surface area contributed by atoms with Crippen LogP contribution in [0.2, 0.25) is 0 Å². The quantitative estimate of drug-likeness (QED) is 0.735. The molecule has 1 aromatic heterocycles. The summed E-state index contributed by atoms with van der Waals surface area (Å²) in [5.74, 6) is 1.54. The lowest BCUT2D eigenvalue weighted by Gasteiger charge is -2.07. The number of primary amides is 1. The SMILES string of the molecule is CC(C)CCNCc1ccc(Oc2ccc(C(N)=O)c[nH+]2)cc1. The highest BCUT2D eigenvalue weighted by molar-refractivity contribution is 5.92. The van der Waals surface area contributed by atoms with Gasteiger partial charge >= 0.3 is 5.88 Å². The van der Waals surface area contributed by atoms with Gasteiger partial charge in [-0.25, -0.2) is 0 Å². The number of amides is 1. The lowest BCUT2D eigenvalue weighted by Crippen LogP contribution is -2.16. The van der Waals surface area contributed by atoms with Crippen LogP contribution in [-0.4, -0.2) is 12.5 Å². The van der Waals surface area contributed by atoms with Gasteiger partial charge in [-0.05, 0) is 42.6 Å². The van der Waals surface area contributed by atoms with E-state index in [1.54, 1.807) is 12.1 Å². The van der Waals surface area contributed by atoms with Crippen LogP contribution in [0.25, 0.3) is 0 Å². The average molecular weight is 314 g/mol. The number of carbonyl (C=O) groups excluding carboxylic acids is 1. The van der Waals surface area contributed by atoms with Crippen molar-refractivity contribution in [2.75, 3.05) is 6.54 Å². The van der Waals surface area contributed by atoms with E-state index in [4.69, 9.17) is 10.5 Å². The summed E-state index contributed by atoms with van der Waals surface area (Å²) in [4.78, 5) is 13.9. The van der Waals surface area contributed by atoms with Crippen molar-refractivity contribution in [3.8, 4) is 11.6 Å². The fourth-order valence-corrected chi connectivity index (χ4v) is 2.05. The number of hydrogen-bond acceptors (Lipinski definition) is 3. The first-order valence-corrected chi connectivity index (χ1v) is 7.83. The molecule has 0 aliphatic rings. The number of aromatic nitrogens is 1. The summed E-state index contributed by atoms with van der Waals surface area (Å²) in [6.07, 6.45) is 2.71. The number of nitrogens with one attached hydrogen (secondary N) is 2. The van der Waals surface area contributed by atoms with E-state index >= 15 is 0 Å². The van der Waals surface area contributed by atoms with Crippen molar-refractivity contribution >= 4 is 5.91 Å². The van der Waals surface area contributed by atoms with E-state index in [-0.39, 0.29) is 0 Å². The number of H-pyrrole nitrogens is 1. The monoisotopic (exact) mass is 314 g/mol. The van der Waals surface area contributed by atoms with Crippen molar-refractivity contribution in [1.29, 1.82) is 0 Å².